The van der Waals surface area contributed by atoms with Crippen molar-refractivity contribution in [1.82, 2.24) is 15.1 Å². The fourth-order valence-corrected chi connectivity index (χ4v) is 4.40. The topological polar surface area (TPSA) is 35.6 Å². The molecule has 0 radical (unpaired) electrons. The number of amides is 1. The van der Waals surface area contributed by atoms with Gasteiger partial charge < -0.3 is 10.2 Å². The normalized spacial score (nSPS) is 19.3. The van der Waals surface area contributed by atoms with Crippen LogP contribution in [-0.4, -0.2) is 48.4 Å². The van der Waals surface area contributed by atoms with Crippen LogP contribution in [0.4, 0.5) is 0 Å². The number of rotatable bonds is 4. The molecule has 0 aromatic heterocycles. The van der Waals surface area contributed by atoms with Crippen LogP contribution in [0.25, 0.3) is 0 Å². The second kappa shape index (κ2) is 11.2. The fraction of sp³-hybridized carbons (Fsp3) is 0.409. The van der Waals surface area contributed by atoms with E-state index in [1.807, 2.05) is 41.3 Å². The van der Waals surface area contributed by atoms with Crippen LogP contribution >= 0.6 is 36.4 Å². The first-order valence-corrected chi connectivity index (χ1v) is 10.2. The van der Waals surface area contributed by atoms with E-state index < -0.39 is 0 Å². The van der Waals surface area contributed by atoms with Gasteiger partial charge in [0.05, 0.1) is 6.04 Å². The third kappa shape index (κ3) is 5.65. The summed E-state index contributed by atoms with van der Waals surface area (Å²) in [4.78, 5) is 17.7. The van der Waals surface area contributed by atoms with Crippen LogP contribution in [0.15, 0.2) is 48.5 Å². The number of likely N-dealkylation sites (tertiary alicyclic amines) is 1. The molecule has 1 amide bonds. The predicted octanol–water partition coefficient (Wildman–Crippen LogP) is 4.57. The summed E-state index contributed by atoms with van der Waals surface area (Å²) >= 11 is 6.42. The van der Waals surface area contributed by atoms with Crippen molar-refractivity contribution in [2.75, 3.05) is 32.7 Å². The van der Waals surface area contributed by atoms with Crippen molar-refractivity contribution in [3.05, 3.63) is 70.2 Å². The van der Waals surface area contributed by atoms with Crippen molar-refractivity contribution in [3.63, 3.8) is 0 Å². The van der Waals surface area contributed by atoms with E-state index in [4.69, 9.17) is 11.6 Å². The monoisotopic (exact) mass is 455 g/mol. The lowest BCUT2D eigenvalue weighted by atomic mass is 10.0. The highest BCUT2D eigenvalue weighted by atomic mass is 35.5. The van der Waals surface area contributed by atoms with Crippen molar-refractivity contribution in [2.24, 2.45) is 0 Å². The summed E-state index contributed by atoms with van der Waals surface area (Å²) in [6, 6.07) is 15.9. The highest BCUT2D eigenvalue weighted by molar-refractivity contribution is 6.31. The zero-order valence-electron chi connectivity index (χ0n) is 16.4. The van der Waals surface area contributed by atoms with Gasteiger partial charge in [-0.05, 0) is 55.3 Å². The molecule has 2 fully saturated rings. The average Bonchev–Trinajstić information content (AvgIpc) is 3.21. The lowest BCUT2D eigenvalue weighted by Gasteiger charge is -2.37. The van der Waals surface area contributed by atoms with Crippen LogP contribution in [0.2, 0.25) is 5.02 Å². The Hall–Kier alpha value is -1.30. The van der Waals surface area contributed by atoms with Gasteiger partial charge in [-0.1, -0.05) is 41.9 Å². The number of halogens is 3. The van der Waals surface area contributed by atoms with Crippen LogP contribution in [0.3, 0.4) is 0 Å². The third-order valence-corrected chi connectivity index (χ3v) is 5.89. The zero-order valence-corrected chi connectivity index (χ0v) is 18.7. The first-order chi connectivity index (χ1) is 13.2. The maximum atomic E-state index is 13.3. The Balaban J connectivity index is 0.00000150. The summed E-state index contributed by atoms with van der Waals surface area (Å²) in [5.74, 6) is 0.0877. The van der Waals surface area contributed by atoms with E-state index in [-0.39, 0.29) is 36.8 Å². The molecule has 1 atom stereocenters. The van der Waals surface area contributed by atoms with E-state index in [9.17, 15) is 4.79 Å². The molecule has 1 N–H and O–H groups in total. The zero-order chi connectivity index (χ0) is 18.6. The van der Waals surface area contributed by atoms with Gasteiger partial charge in [0.25, 0.3) is 5.91 Å². The minimum absolute atomic E-state index is 0. The number of carbonyl (C=O) groups excluding carboxylic acids is 1. The summed E-state index contributed by atoms with van der Waals surface area (Å²) in [6.45, 7) is 5.46. The van der Waals surface area contributed by atoms with E-state index in [2.05, 4.69) is 22.3 Å². The summed E-state index contributed by atoms with van der Waals surface area (Å²) in [6.07, 6.45) is 2.55. The number of carbonyl (C=O) groups is 1. The van der Waals surface area contributed by atoms with E-state index in [0.29, 0.717) is 11.6 Å². The first-order valence-electron chi connectivity index (χ1n) is 9.80. The van der Waals surface area contributed by atoms with E-state index in [1.165, 1.54) is 18.4 Å². The molecule has 0 spiro atoms. The molecule has 0 saturated carbocycles. The van der Waals surface area contributed by atoms with Gasteiger partial charge in [0.2, 0.25) is 0 Å². The van der Waals surface area contributed by atoms with Gasteiger partial charge in [-0.15, -0.1) is 24.8 Å². The van der Waals surface area contributed by atoms with Gasteiger partial charge in [-0.25, -0.2) is 0 Å². The second-order valence-corrected chi connectivity index (χ2v) is 7.83. The molecule has 2 aliphatic heterocycles. The Kier molecular flexibility index (Phi) is 9.25. The maximum absolute atomic E-state index is 13.3. The fourth-order valence-electron chi connectivity index (χ4n) is 4.14. The van der Waals surface area contributed by atoms with Crippen molar-refractivity contribution in [1.29, 1.82) is 0 Å². The van der Waals surface area contributed by atoms with Gasteiger partial charge in [-0.3, -0.25) is 9.69 Å². The lowest BCUT2D eigenvalue weighted by Crippen LogP contribution is -2.48. The highest BCUT2D eigenvalue weighted by Gasteiger charge is 2.30. The molecule has 2 saturated heterocycles. The van der Waals surface area contributed by atoms with Crippen molar-refractivity contribution in [2.45, 2.75) is 25.4 Å². The number of nitrogens with one attached hydrogen (secondary N) is 1. The van der Waals surface area contributed by atoms with Crippen LogP contribution in [0.1, 0.15) is 40.4 Å². The van der Waals surface area contributed by atoms with E-state index in [0.717, 1.165) is 43.9 Å². The quantitative estimate of drug-likeness (QED) is 0.732. The van der Waals surface area contributed by atoms with Crippen LogP contribution in [0.5, 0.6) is 0 Å². The average molecular weight is 457 g/mol. The lowest BCUT2D eigenvalue weighted by molar-refractivity contribution is 0.0634. The summed E-state index contributed by atoms with van der Waals surface area (Å²) in [5.41, 5.74) is 2.99. The van der Waals surface area contributed by atoms with Crippen LogP contribution < -0.4 is 5.32 Å². The van der Waals surface area contributed by atoms with Crippen molar-refractivity contribution >= 4 is 42.3 Å². The molecule has 0 aliphatic carbocycles. The Morgan fingerprint density at radius 2 is 1.79 bits per heavy atom. The van der Waals surface area contributed by atoms with Gasteiger partial charge in [0, 0.05) is 36.8 Å². The van der Waals surface area contributed by atoms with Gasteiger partial charge in [0.1, 0.15) is 0 Å². The standard InChI is InChI=1S/C22H26ClN3O.2ClH/c23-20-9-2-1-8-19(20)21-15-24-10-13-26(21)22(27)18-7-5-6-17(14-18)16-25-11-3-4-12-25;;/h1-2,5-9,14,21,24H,3-4,10-13,15-16H2;2*1H. The van der Waals surface area contributed by atoms with Crippen LogP contribution in [-0.2, 0) is 6.54 Å². The highest BCUT2D eigenvalue weighted by Crippen LogP contribution is 2.29. The smallest absolute Gasteiger partial charge is 0.254 e. The molecule has 29 heavy (non-hydrogen) atoms. The number of hydrogen-bond donors (Lipinski definition) is 1. The molecule has 0 bridgehead atoms. The summed E-state index contributed by atoms with van der Waals surface area (Å²) < 4.78 is 0. The number of nitrogens with zero attached hydrogens (tertiary/aromatic N) is 2. The number of piperazine rings is 1. The maximum Gasteiger partial charge on any atom is 0.254 e. The largest absolute Gasteiger partial charge is 0.329 e. The van der Waals surface area contributed by atoms with Crippen LogP contribution in [0, 0.1) is 0 Å². The van der Waals surface area contributed by atoms with Crippen molar-refractivity contribution in [3.8, 4) is 0 Å². The molecule has 2 aromatic rings. The Bertz CT molecular complexity index is 811. The molecule has 1 unspecified atom stereocenters. The molecule has 7 heteroatoms. The molecule has 2 aromatic carbocycles. The third-order valence-electron chi connectivity index (χ3n) is 5.55. The number of hydrogen-bond acceptors (Lipinski definition) is 3. The molecule has 4 rings (SSSR count). The summed E-state index contributed by atoms with van der Waals surface area (Å²) in [7, 11) is 0. The van der Waals surface area contributed by atoms with E-state index in [1.54, 1.807) is 0 Å². The van der Waals surface area contributed by atoms with Gasteiger partial charge in [0.15, 0.2) is 0 Å². The minimum atomic E-state index is -0.0396. The Morgan fingerprint density at radius 3 is 2.55 bits per heavy atom. The predicted molar refractivity (Wildman–Crippen MR) is 124 cm³/mol. The molecular formula is C22H28Cl3N3O. The second-order valence-electron chi connectivity index (χ2n) is 7.42. The van der Waals surface area contributed by atoms with E-state index >= 15 is 0 Å². The molecule has 2 aliphatic rings. The van der Waals surface area contributed by atoms with Gasteiger partial charge >= 0.3 is 0 Å². The number of benzene rings is 2. The molecule has 4 nitrogen and oxygen atoms in total. The molecular weight excluding hydrogens is 429 g/mol. The molecule has 2 heterocycles. The SMILES string of the molecule is Cl.Cl.O=C(c1cccc(CN2CCCC2)c1)N1CCNCC1c1ccccc1Cl. The summed E-state index contributed by atoms with van der Waals surface area (Å²) in [5, 5.41) is 4.11. The van der Waals surface area contributed by atoms with Crippen molar-refractivity contribution < 1.29 is 4.79 Å². The Morgan fingerprint density at radius 1 is 1.03 bits per heavy atom. The molecule has 158 valence electrons. The van der Waals surface area contributed by atoms with Gasteiger partial charge in [-0.2, -0.15) is 0 Å². The Labute approximate surface area is 190 Å². The first kappa shape index (κ1) is 24.0. The minimum Gasteiger partial charge on any atom is -0.329 e.